The van der Waals surface area contributed by atoms with E-state index in [1.807, 2.05) is 13.0 Å². The van der Waals surface area contributed by atoms with E-state index in [1.54, 1.807) is 12.1 Å². The molecular weight excluding hydrogens is 334 g/mol. The second-order valence-corrected chi connectivity index (χ2v) is 5.82. The number of nitrogens with zero attached hydrogens (tertiary/aromatic N) is 2. The molecule has 0 unspecified atom stereocenters. The monoisotopic (exact) mass is 348 g/mol. The Bertz CT molecular complexity index is 791. The Hall–Kier alpha value is -2.46. The number of hydrogen-bond acceptors (Lipinski definition) is 5. The zero-order chi connectivity index (χ0) is 17.5. The molecule has 0 radical (unpaired) electrons. The standard InChI is InChI=1S/C17H14F2N2O2S/c1-2-3-13-6-4-11(9-20)17(21-13)24-10-16(22)23-15-7-5-12(18)8-14(15)19/h4-8H,2-3,10H2,1H3. The largest absolute Gasteiger partial charge is 0.423 e. The van der Waals surface area contributed by atoms with Gasteiger partial charge in [0.25, 0.3) is 0 Å². The van der Waals surface area contributed by atoms with Crippen LogP contribution in [0.3, 0.4) is 0 Å². The number of nitriles is 1. The van der Waals surface area contributed by atoms with Gasteiger partial charge in [-0.1, -0.05) is 25.1 Å². The smallest absolute Gasteiger partial charge is 0.321 e. The summed E-state index contributed by atoms with van der Waals surface area (Å²) in [5.74, 6) is -2.90. The van der Waals surface area contributed by atoms with Crippen LogP contribution >= 0.6 is 11.8 Å². The maximum atomic E-state index is 13.5. The molecule has 0 spiro atoms. The van der Waals surface area contributed by atoms with Crippen molar-refractivity contribution in [2.45, 2.75) is 24.8 Å². The summed E-state index contributed by atoms with van der Waals surface area (Å²) < 4.78 is 31.1. The second-order valence-electron chi connectivity index (χ2n) is 4.85. The Labute approximate surface area is 142 Å². The van der Waals surface area contributed by atoms with Crippen LogP contribution in [0.1, 0.15) is 24.6 Å². The van der Waals surface area contributed by atoms with Crippen LogP contribution in [0.2, 0.25) is 0 Å². The first-order valence-corrected chi connectivity index (χ1v) is 8.20. The number of benzene rings is 1. The molecule has 4 nitrogen and oxygen atoms in total. The summed E-state index contributed by atoms with van der Waals surface area (Å²) in [6.07, 6.45) is 1.68. The van der Waals surface area contributed by atoms with Gasteiger partial charge in [0.2, 0.25) is 0 Å². The molecule has 0 aliphatic heterocycles. The SMILES string of the molecule is CCCc1ccc(C#N)c(SCC(=O)Oc2ccc(F)cc2F)n1. The minimum absolute atomic E-state index is 0.145. The zero-order valence-electron chi connectivity index (χ0n) is 12.9. The molecule has 1 aromatic heterocycles. The van der Waals surface area contributed by atoms with Crippen LogP contribution in [-0.2, 0) is 11.2 Å². The van der Waals surface area contributed by atoms with E-state index in [1.165, 1.54) is 0 Å². The number of hydrogen-bond donors (Lipinski definition) is 0. The van der Waals surface area contributed by atoms with Crippen LogP contribution in [-0.4, -0.2) is 16.7 Å². The number of aryl methyl sites for hydroxylation is 1. The van der Waals surface area contributed by atoms with Gasteiger partial charge in [0.05, 0.1) is 11.3 Å². The molecule has 0 fully saturated rings. The Morgan fingerprint density at radius 1 is 1.33 bits per heavy atom. The molecular formula is C17H14F2N2O2S. The van der Waals surface area contributed by atoms with E-state index in [4.69, 9.17) is 10.00 Å². The highest BCUT2D eigenvalue weighted by Crippen LogP contribution is 2.23. The molecule has 2 aromatic rings. The van der Waals surface area contributed by atoms with Gasteiger partial charge in [0, 0.05) is 11.8 Å². The summed E-state index contributed by atoms with van der Waals surface area (Å²) in [6.45, 7) is 2.02. The van der Waals surface area contributed by atoms with Gasteiger partial charge in [0.1, 0.15) is 16.9 Å². The summed E-state index contributed by atoms with van der Waals surface area (Å²) in [4.78, 5) is 16.2. The van der Waals surface area contributed by atoms with Crippen LogP contribution < -0.4 is 4.74 Å². The first-order chi connectivity index (χ1) is 11.5. The average Bonchev–Trinajstić information content (AvgIpc) is 2.56. The van der Waals surface area contributed by atoms with Gasteiger partial charge in [-0.25, -0.2) is 13.8 Å². The fourth-order valence-corrected chi connectivity index (χ4v) is 2.67. The van der Waals surface area contributed by atoms with E-state index >= 15 is 0 Å². The minimum Gasteiger partial charge on any atom is -0.423 e. The van der Waals surface area contributed by atoms with Crippen LogP contribution in [0.4, 0.5) is 8.78 Å². The lowest BCUT2D eigenvalue weighted by Crippen LogP contribution is -2.12. The molecule has 1 heterocycles. The zero-order valence-corrected chi connectivity index (χ0v) is 13.7. The van der Waals surface area contributed by atoms with Crippen molar-refractivity contribution in [1.29, 1.82) is 5.26 Å². The summed E-state index contributed by atoms with van der Waals surface area (Å²) in [5, 5.41) is 9.53. The third-order valence-electron chi connectivity index (χ3n) is 2.99. The van der Waals surface area contributed by atoms with Gasteiger partial charge in [-0.05, 0) is 30.7 Å². The van der Waals surface area contributed by atoms with E-state index < -0.39 is 17.6 Å². The molecule has 0 atom stereocenters. The number of carbonyl (C=O) groups excluding carboxylic acids is 1. The number of ether oxygens (including phenoxy) is 1. The molecule has 124 valence electrons. The number of thioether (sulfide) groups is 1. The van der Waals surface area contributed by atoms with Crippen molar-refractivity contribution in [1.82, 2.24) is 4.98 Å². The predicted octanol–water partition coefficient (Wildman–Crippen LogP) is 3.88. The summed E-state index contributed by atoms with van der Waals surface area (Å²) >= 11 is 1.04. The molecule has 0 saturated heterocycles. The lowest BCUT2D eigenvalue weighted by molar-refractivity contribution is -0.131. The highest BCUT2D eigenvalue weighted by atomic mass is 32.2. The topological polar surface area (TPSA) is 63.0 Å². The lowest BCUT2D eigenvalue weighted by Gasteiger charge is -2.07. The molecule has 0 N–H and O–H groups in total. The quantitative estimate of drug-likeness (QED) is 0.450. The van der Waals surface area contributed by atoms with Gasteiger partial charge in [-0.2, -0.15) is 5.26 Å². The van der Waals surface area contributed by atoms with Gasteiger partial charge in [-0.3, -0.25) is 4.79 Å². The van der Waals surface area contributed by atoms with Gasteiger partial charge in [0.15, 0.2) is 11.6 Å². The highest BCUT2D eigenvalue weighted by Gasteiger charge is 2.13. The normalized spacial score (nSPS) is 10.2. The first-order valence-electron chi connectivity index (χ1n) is 7.22. The van der Waals surface area contributed by atoms with Crippen molar-refractivity contribution in [3.63, 3.8) is 0 Å². The molecule has 7 heteroatoms. The molecule has 0 bridgehead atoms. The van der Waals surface area contributed by atoms with Crippen molar-refractivity contribution in [3.05, 3.63) is 53.2 Å². The molecule has 1 aromatic carbocycles. The molecule has 0 aliphatic carbocycles. The predicted molar refractivity (Wildman–Crippen MR) is 85.7 cm³/mol. The van der Waals surface area contributed by atoms with E-state index in [0.29, 0.717) is 16.7 Å². The van der Waals surface area contributed by atoms with E-state index in [9.17, 15) is 13.6 Å². The molecule has 0 aliphatic rings. The summed E-state index contributed by atoms with van der Waals surface area (Å²) in [7, 11) is 0. The molecule has 24 heavy (non-hydrogen) atoms. The molecule has 0 amide bonds. The average molecular weight is 348 g/mol. The third kappa shape index (κ3) is 4.77. The van der Waals surface area contributed by atoms with Gasteiger partial charge in [-0.15, -0.1) is 0 Å². The number of pyridine rings is 1. The van der Waals surface area contributed by atoms with E-state index in [2.05, 4.69) is 4.98 Å². The maximum absolute atomic E-state index is 13.5. The minimum atomic E-state index is -0.950. The third-order valence-corrected chi connectivity index (χ3v) is 3.95. The Kier molecular flexibility index (Phi) is 6.27. The van der Waals surface area contributed by atoms with Crippen LogP contribution in [0.15, 0.2) is 35.4 Å². The van der Waals surface area contributed by atoms with Gasteiger partial charge >= 0.3 is 5.97 Å². The number of rotatable bonds is 6. The number of aromatic nitrogens is 1. The number of esters is 1. The fraction of sp³-hybridized carbons (Fsp3) is 0.235. The van der Waals surface area contributed by atoms with Crippen molar-refractivity contribution in [3.8, 4) is 11.8 Å². The lowest BCUT2D eigenvalue weighted by atomic mass is 10.2. The van der Waals surface area contributed by atoms with Gasteiger partial charge < -0.3 is 4.74 Å². The van der Waals surface area contributed by atoms with Crippen LogP contribution in [0.25, 0.3) is 0 Å². The first kappa shape index (κ1) is 17.9. The Morgan fingerprint density at radius 3 is 2.79 bits per heavy atom. The van der Waals surface area contributed by atoms with E-state index in [0.717, 1.165) is 42.4 Å². The Balaban J connectivity index is 2.03. The second kappa shape index (κ2) is 8.41. The van der Waals surface area contributed by atoms with Crippen LogP contribution in [0.5, 0.6) is 5.75 Å². The fourth-order valence-electron chi connectivity index (χ4n) is 1.91. The summed E-state index contributed by atoms with van der Waals surface area (Å²) in [6, 6.07) is 8.14. The van der Waals surface area contributed by atoms with Crippen LogP contribution in [0, 0.1) is 23.0 Å². The van der Waals surface area contributed by atoms with Crippen molar-refractivity contribution in [2.24, 2.45) is 0 Å². The van der Waals surface area contributed by atoms with Crippen molar-refractivity contribution < 1.29 is 18.3 Å². The maximum Gasteiger partial charge on any atom is 0.321 e. The molecule has 0 saturated carbocycles. The number of carbonyl (C=O) groups is 1. The molecule has 2 rings (SSSR count). The van der Waals surface area contributed by atoms with Crippen molar-refractivity contribution >= 4 is 17.7 Å². The Morgan fingerprint density at radius 2 is 2.12 bits per heavy atom. The number of halogens is 2. The summed E-state index contributed by atoms with van der Waals surface area (Å²) in [5.41, 5.74) is 1.19. The van der Waals surface area contributed by atoms with E-state index in [-0.39, 0.29) is 11.5 Å². The van der Waals surface area contributed by atoms with Crippen molar-refractivity contribution in [2.75, 3.05) is 5.75 Å². The highest BCUT2D eigenvalue weighted by molar-refractivity contribution is 7.99.